The minimum absolute atomic E-state index is 0.139. The maximum atomic E-state index is 11.2. The van der Waals surface area contributed by atoms with E-state index in [2.05, 4.69) is 10.6 Å². The van der Waals surface area contributed by atoms with Crippen LogP contribution in [-0.4, -0.2) is 35.5 Å². The number of carbonyl (C=O) groups is 3. The minimum atomic E-state index is -0.978. The molecule has 0 rings (SSSR count). The van der Waals surface area contributed by atoms with Crippen molar-refractivity contribution < 1.29 is 19.5 Å². The van der Waals surface area contributed by atoms with Crippen molar-refractivity contribution in [2.24, 2.45) is 0 Å². The van der Waals surface area contributed by atoms with E-state index in [1.54, 1.807) is 6.92 Å². The molecule has 3 N–H and O–H groups in total. The first-order valence-corrected chi connectivity index (χ1v) is 4.19. The summed E-state index contributed by atoms with van der Waals surface area (Å²) in [6.45, 7) is 3.09. The van der Waals surface area contributed by atoms with Crippen molar-refractivity contribution in [3.8, 4) is 0 Å². The van der Waals surface area contributed by atoms with E-state index < -0.39 is 24.0 Å². The van der Waals surface area contributed by atoms with E-state index >= 15 is 0 Å². The van der Waals surface area contributed by atoms with E-state index in [-0.39, 0.29) is 6.42 Å². The Hall–Kier alpha value is -1.59. The Morgan fingerprint density at radius 1 is 1.43 bits per heavy atom. The molecule has 2 atom stereocenters. The molecule has 1 unspecified atom stereocenters. The maximum absolute atomic E-state index is 11.2. The van der Waals surface area contributed by atoms with Crippen molar-refractivity contribution >= 4 is 18.3 Å². The fourth-order valence-corrected chi connectivity index (χ4v) is 0.859. The molecular formula is C8H14N2O4. The molecule has 2 amide bonds. The van der Waals surface area contributed by atoms with Gasteiger partial charge in [-0.25, -0.2) is 0 Å². The fourth-order valence-electron chi connectivity index (χ4n) is 0.859. The van der Waals surface area contributed by atoms with Gasteiger partial charge in [-0.1, -0.05) is 0 Å². The second-order valence-electron chi connectivity index (χ2n) is 3.01. The van der Waals surface area contributed by atoms with Crippen LogP contribution >= 0.6 is 0 Å². The molecule has 80 valence electrons. The lowest BCUT2D eigenvalue weighted by Gasteiger charge is -2.15. The monoisotopic (exact) mass is 202 g/mol. The molecule has 0 saturated carbocycles. The van der Waals surface area contributed by atoms with E-state index in [4.69, 9.17) is 5.11 Å². The number of hydrogen-bond acceptors (Lipinski definition) is 3. The third-order valence-electron chi connectivity index (χ3n) is 1.58. The van der Waals surface area contributed by atoms with Crippen LogP contribution < -0.4 is 10.6 Å². The molecule has 6 heteroatoms. The molecule has 0 aliphatic carbocycles. The highest BCUT2D eigenvalue weighted by Gasteiger charge is 2.15. The molecule has 0 radical (unpaired) electrons. The Kier molecular flexibility index (Phi) is 5.28. The number of carboxylic acid groups (broad SMARTS) is 1. The standard InChI is InChI=1S/C8H14N2O4/c1-5(3-7(12)13)10-8(14)6(2)9-4-11/h4-6H,3H2,1-2H3,(H,9,11)(H,10,14)(H,12,13)/t5?,6-/m0/s1. The predicted octanol–water partition coefficient (Wildman–Crippen LogP) is -0.900. The van der Waals surface area contributed by atoms with Crippen molar-refractivity contribution in [3.63, 3.8) is 0 Å². The van der Waals surface area contributed by atoms with Crippen LogP contribution in [0.5, 0.6) is 0 Å². The highest BCUT2D eigenvalue weighted by molar-refractivity contribution is 5.83. The van der Waals surface area contributed by atoms with Crippen LogP contribution in [0, 0.1) is 0 Å². The molecule has 0 aromatic carbocycles. The van der Waals surface area contributed by atoms with Crippen molar-refractivity contribution in [2.45, 2.75) is 32.4 Å². The average Bonchev–Trinajstić information content (AvgIpc) is 2.02. The quantitative estimate of drug-likeness (QED) is 0.486. The van der Waals surface area contributed by atoms with Gasteiger partial charge in [0, 0.05) is 6.04 Å². The summed E-state index contributed by atoms with van der Waals surface area (Å²) in [5.74, 6) is -1.38. The lowest BCUT2D eigenvalue weighted by atomic mass is 10.2. The zero-order valence-electron chi connectivity index (χ0n) is 8.11. The summed E-state index contributed by atoms with van der Waals surface area (Å²) in [6, 6.07) is -1.10. The zero-order valence-corrected chi connectivity index (χ0v) is 8.11. The first-order chi connectivity index (χ1) is 6.47. The number of carboxylic acids is 1. The molecule has 0 aromatic heterocycles. The summed E-state index contributed by atoms with van der Waals surface area (Å²) in [6.07, 6.45) is 0.283. The normalized spacial score (nSPS) is 13.9. The van der Waals surface area contributed by atoms with Crippen LogP contribution in [0.25, 0.3) is 0 Å². The highest BCUT2D eigenvalue weighted by Crippen LogP contribution is 1.91. The number of hydrogen-bond donors (Lipinski definition) is 3. The SMILES string of the molecule is CC(CC(=O)O)NC(=O)[C@H](C)NC=O. The number of nitrogens with one attached hydrogen (secondary N) is 2. The topological polar surface area (TPSA) is 95.5 Å². The Bertz CT molecular complexity index is 229. The van der Waals surface area contributed by atoms with Crippen LogP contribution in [0.3, 0.4) is 0 Å². The van der Waals surface area contributed by atoms with Gasteiger partial charge in [0.1, 0.15) is 6.04 Å². The Morgan fingerprint density at radius 2 is 2.00 bits per heavy atom. The Labute approximate surface area is 81.7 Å². The molecular weight excluding hydrogens is 188 g/mol. The highest BCUT2D eigenvalue weighted by atomic mass is 16.4. The van der Waals surface area contributed by atoms with E-state index in [9.17, 15) is 14.4 Å². The molecule has 0 aromatic rings. The van der Waals surface area contributed by atoms with E-state index in [1.165, 1.54) is 6.92 Å². The Morgan fingerprint density at radius 3 is 2.43 bits per heavy atom. The van der Waals surface area contributed by atoms with E-state index in [0.717, 1.165) is 0 Å². The van der Waals surface area contributed by atoms with E-state index in [0.29, 0.717) is 6.41 Å². The second kappa shape index (κ2) is 5.95. The summed E-state index contributed by atoms with van der Waals surface area (Å²) in [4.78, 5) is 31.5. The molecule has 14 heavy (non-hydrogen) atoms. The predicted molar refractivity (Wildman–Crippen MR) is 48.5 cm³/mol. The van der Waals surface area contributed by atoms with Gasteiger partial charge in [-0.15, -0.1) is 0 Å². The number of rotatable bonds is 6. The van der Waals surface area contributed by atoms with Gasteiger partial charge in [-0.3, -0.25) is 14.4 Å². The molecule has 0 heterocycles. The first-order valence-electron chi connectivity index (χ1n) is 4.19. The largest absolute Gasteiger partial charge is 0.481 e. The van der Waals surface area contributed by atoms with Crippen molar-refractivity contribution in [1.82, 2.24) is 10.6 Å². The zero-order chi connectivity index (χ0) is 11.1. The molecule has 0 aliphatic rings. The van der Waals surface area contributed by atoms with Gasteiger partial charge in [0.2, 0.25) is 12.3 Å². The van der Waals surface area contributed by atoms with Crippen LogP contribution in [0.1, 0.15) is 20.3 Å². The van der Waals surface area contributed by atoms with Crippen LogP contribution in [0.2, 0.25) is 0 Å². The molecule has 0 aliphatic heterocycles. The van der Waals surface area contributed by atoms with Gasteiger partial charge in [0.15, 0.2) is 0 Å². The first kappa shape index (κ1) is 12.4. The van der Waals surface area contributed by atoms with Gasteiger partial charge in [-0.2, -0.15) is 0 Å². The lowest BCUT2D eigenvalue weighted by Crippen LogP contribution is -2.45. The fraction of sp³-hybridized carbons (Fsp3) is 0.625. The summed E-state index contributed by atoms with van der Waals surface area (Å²) >= 11 is 0. The second-order valence-corrected chi connectivity index (χ2v) is 3.01. The summed E-state index contributed by atoms with van der Waals surface area (Å²) in [7, 11) is 0. The molecule has 6 nitrogen and oxygen atoms in total. The molecule has 0 bridgehead atoms. The van der Waals surface area contributed by atoms with Gasteiger partial charge in [-0.05, 0) is 13.8 Å². The molecule has 0 saturated heterocycles. The Balaban J connectivity index is 3.92. The van der Waals surface area contributed by atoms with Crippen molar-refractivity contribution in [1.29, 1.82) is 0 Å². The van der Waals surface area contributed by atoms with Crippen LogP contribution in [0.15, 0.2) is 0 Å². The third kappa shape index (κ3) is 5.13. The summed E-state index contributed by atoms with van der Waals surface area (Å²) < 4.78 is 0. The number of carbonyl (C=O) groups excluding carboxylic acids is 2. The van der Waals surface area contributed by atoms with Crippen LogP contribution in [0.4, 0.5) is 0 Å². The molecule has 0 spiro atoms. The third-order valence-corrected chi connectivity index (χ3v) is 1.58. The lowest BCUT2D eigenvalue weighted by molar-refractivity contribution is -0.137. The van der Waals surface area contributed by atoms with Gasteiger partial charge >= 0.3 is 5.97 Å². The minimum Gasteiger partial charge on any atom is -0.481 e. The smallest absolute Gasteiger partial charge is 0.305 e. The van der Waals surface area contributed by atoms with Crippen molar-refractivity contribution in [2.75, 3.05) is 0 Å². The maximum Gasteiger partial charge on any atom is 0.305 e. The van der Waals surface area contributed by atoms with Crippen molar-refractivity contribution in [3.05, 3.63) is 0 Å². The summed E-state index contributed by atoms with van der Waals surface area (Å²) in [5, 5.41) is 13.1. The number of amides is 2. The summed E-state index contributed by atoms with van der Waals surface area (Å²) in [5.41, 5.74) is 0. The van der Waals surface area contributed by atoms with Gasteiger partial charge in [0.25, 0.3) is 0 Å². The number of aliphatic carboxylic acids is 1. The van der Waals surface area contributed by atoms with Crippen LogP contribution in [-0.2, 0) is 14.4 Å². The van der Waals surface area contributed by atoms with Gasteiger partial charge < -0.3 is 15.7 Å². The molecule has 0 fully saturated rings. The van der Waals surface area contributed by atoms with E-state index in [1.807, 2.05) is 0 Å². The van der Waals surface area contributed by atoms with Gasteiger partial charge in [0.05, 0.1) is 6.42 Å². The average molecular weight is 202 g/mol.